The molecule has 7 heteroatoms. The first-order valence-electron chi connectivity index (χ1n) is 8.10. The number of benzene rings is 2. The first kappa shape index (κ1) is 18.0. The topological polar surface area (TPSA) is 79.8 Å². The van der Waals surface area contributed by atoms with Gasteiger partial charge in [0.15, 0.2) is 5.17 Å². The van der Waals surface area contributed by atoms with E-state index in [1.165, 1.54) is 11.8 Å². The van der Waals surface area contributed by atoms with Gasteiger partial charge in [0, 0.05) is 12.1 Å². The SMILES string of the molecule is COc1ccc(NC(=O)C2CC(=O)NC(=Nc3ccc(C)cc3)S2)cc1. The molecule has 1 atom stereocenters. The molecule has 1 aliphatic rings. The minimum absolute atomic E-state index is 0.111. The number of methoxy groups -OCH3 is 1. The summed E-state index contributed by atoms with van der Waals surface area (Å²) < 4.78 is 5.10. The molecule has 1 aliphatic heterocycles. The van der Waals surface area contributed by atoms with Crippen LogP contribution in [0.4, 0.5) is 11.4 Å². The normalized spacial score (nSPS) is 18.3. The van der Waals surface area contributed by atoms with Crippen LogP contribution in [-0.2, 0) is 9.59 Å². The summed E-state index contributed by atoms with van der Waals surface area (Å²) in [5, 5.41) is 5.44. The highest BCUT2D eigenvalue weighted by atomic mass is 32.2. The number of amidine groups is 1. The van der Waals surface area contributed by atoms with Gasteiger partial charge in [-0.1, -0.05) is 29.5 Å². The number of amides is 2. The molecule has 0 spiro atoms. The van der Waals surface area contributed by atoms with Crippen LogP contribution in [0.2, 0.25) is 0 Å². The van der Waals surface area contributed by atoms with Gasteiger partial charge in [-0.25, -0.2) is 4.99 Å². The van der Waals surface area contributed by atoms with Crippen molar-refractivity contribution < 1.29 is 14.3 Å². The Morgan fingerprint density at radius 2 is 1.88 bits per heavy atom. The molecule has 0 radical (unpaired) electrons. The number of carbonyl (C=O) groups is 2. The highest BCUT2D eigenvalue weighted by Crippen LogP contribution is 2.25. The zero-order valence-corrected chi connectivity index (χ0v) is 15.3. The van der Waals surface area contributed by atoms with Gasteiger partial charge in [0.05, 0.1) is 12.8 Å². The standard InChI is InChI=1S/C19H19N3O3S/c1-12-3-5-14(6-4-12)21-19-22-17(23)11-16(26-19)18(24)20-13-7-9-15(25-2)10-8-13/h3-10,16H,11H2,1-2H3,(H,20,24)(H,21,22,23). The van der Waals surface area contributed by atoms with Crippen molar-refractivity contribution in [3.8, 4) is 5.75 Å². The summed E-state index contributed by atoms with van der Waals surface area (Å²) in [6.45, 7) is 1.99. The van der Waals surface area contributed by atoms with Crippen molar-refractivity contribution in [2.45, 2.75) is 18.6 Å². The Hall–Kier alpha value is -2.80. The van der Waals surface area contributed by atoms with E-state index in [2.05, 4.69) is 15.6 Å². The van der Waals surface area contributed by atoms with Gasteiger partial charge in [0.1, 0.15) is 11.0 Å². The highest BCUT2D eigenvalue weighted by molar-refractivity contribution is 8.15. The molecule has 0 aliphatic carbocycles. The van der Waals surface area contributed by atoms with E-state index in [1.54, 1.807) is 31.4 Å². The van der Waals surface area contributed by atoms with Gasteiger partial charge in [0.25, 0.3) is 0 Å². The van der Waals surface area contributed by atoms with Crippen LogP contribution in [0, 0.1) is 6.92 Å². The van der Waals surface area contributed by atoms with Gasteiger partial charge in [-0.2, -0.15) is 0 Å². The summed E-state index contributed by atoms with van der Waals surface area (Å²) in [4.78, 5) is 28.9. The molecule has 2 amide bonds. The van der Waals surface area contributed by atoms with Gasteiger partial charge in [-0.15, -0.1) is 0 Å². The van der Waals surface area contributed by atoms with E-state index in [0.29, 0.717) is 16.6 Å². The third-order valence-corrected chi connectivity index (χ3v) is 4.87. The Morgan fingerprint density at radius 1 is 1.19 bits per heavy atom. The number of rotatable bonds is 4. The zero-order chi connectivity index (χ0) is 18.5. The number of ether oxygens (including phenoxy) is 1. The quantitative estimate of drug-likeness (QED) is 0.867. The molecular weight excluding hydrogens is 350 g/mol. The van der Waals surface area contributed by atoms with Crippen molar-refractivity contribution in [2.24, 2.45) is 4.99 Å². The van der Waals surface area contributed by atoms with Crippen molar-refractivity contribution >= 4 is 40.1 Å². The van der Waals surface area contributed by atoms with Crippen LogP contribution in [0.15, 0.2) is 53.5 Å². The summed E-state index contributed by atoms with van der Waals surface area (Å²) in [7, 11) is 1.58. The van der Waals surface area contributed by atoms with Crippen molar-refractivity contribution in [1.29, 1.82) is 0 Å². The van der Waals surface area contributed by atoms with E-state index < -0.39 is 5.25 Å². The maximum atomic E-state index is 12.5. The molecular formula is C19H19N3O3S. The number of nitrogens with zero attached hydrogens (tertiary/aromatic N) is 1. The lowest BCUT2D eigenvalue weighted by atomic mass is 10.2. The maximum Gasteiger partial charge on any atom is 0.238 e. The van der Waals surface area contributed by atoms with E-state index in [1.807, 2.05) is 31.2 Å². The number of carbonyl (C=O) groups excluding carboxylic acids is 2. The fraction of sp³-hybridized carbons (Fsp3) is 0.211. The first-order valence-corrected chi connectivity index (χ1v) is 8.98. The van der Waals surface area contributed by atoms with Gasteiger partial charge in [-0.05, 0) is 43.3 Å². The van der Waals surface area contributed by atoms with Crippen LogP contribution in [0.5, 0.6) is 5.75 Å². The van der Waals surface area contributed by atoms with Crippen LogP contribution in [0.25, 0.3) is 0 Å². The minimum Gasteiger partial charge on any atom is -0.497 e. The number of anilines is 1. The van der Waals surface area contributed by atoms with Gasteiger partial charge in [-0.3, -0.25) is 9.59 Å². The zero-order valence-electron chi connectivity index (χ0n) is 14.5. The average molecular weight is 369 g/mol. The van der Waals surface area contributed by atoms with E-state index in [-0.39, 0.29) is 18.2 Å². The molecule has 0 aromatic heterocycles. The summed E-state index contributed by atoms with van der Waals surface area (Å²) >= 11 is 1.25. The molecule has 26 heavy (non-hydrogen) atoms. The van der Waals surface area contributed by atoms with Crippen LogP contribution >= 0.6 is 11.8 Å². The smallest absolute Gasteiger partial charge is 0.238 e. The summed E-state index contributed by atoms with van der Waals surface area (Å²) in [5.41, 5.74) is 2.51. The molecule has 2 aromatic rings. The number of thioether (sulfide) groups is 1. The molecule has 1 unspecified atom stereocenters. The Bertz CT molecular complexity index is 832. The summed E-state index contributed by atoms with van der Waals surface area (Å²) in [6, 6.07) is 14.7. The largest absolute Gasteiger partial charge is 0.497 e. The Labute approximate surface area is 156 Å². The molecule has 0 bridgehead atoms. The summed E-state index contributed by atoms with van der Waals surface area (Å²) in [6.07, 6.45) is 0.111. The second kappa shape index (κ2) is 8.05. The molecule has 134 valence electrons. The van der Waals surface area contributed by atoms with Crippen LogP contribution < -0.4 is 15.4 Å². The number of hydrogen-bond donors (Lipinski definition) is 2. The number of aliphatic imine (C=N–C) groups is 1. The lowest BCUT2D eigenvalue weighted by molar-refractivity contribution is -0.123. The highest BCUT2D eigenvalue weighted by Gasteiger charge is 2.30. The van der Waals surface area contributed by atoms with Gasteiger partial charge < -0.3 is 15.4 Å². The van der Waals surface area contributed by atoms with Crippen molar-refractivity contribution in [1.82, 2.24) is 5.32 Å². The lowest BCUT2D eigenvalue weighted by Gasteiger charge is -2.22. The fourth-order valence-corrected chi connectivity index (χ4v) is 3.38. The predicted molar refractivity (Wildman–Crippen MR) is 104 cm³/mol. The summed E-state index contributed by atoms with van der Waals surface area (Å²) in [5.74, 6) is 0.262. The molecule has 0 saturated carbocycles. The molecule has 2 aromatic carbocycles. The molecule has 1 heterocycles. The Balaban J connectivity index is 1.69. The minimum atomic E-state index is -0.532. The maximum absolute atomic E-state index is 12.5. The van der Waals surface area contributed by atoms with E-state index in [9.17, 15) is 9.59 Å². The lowest BCUT2D eigenvalue weighted by Crippen LogP contribution is -2.41. The fourth-order valence-electron chi connectivity index (χ4n) is 2.38. The van der Waals surface area contributed by atoms with Crippen LogP contribution in [-0.4, -0.2) is 29.3 Å². The molecule has 6 nitrogen and oxygen atoms in total. The molecule has 3 rings (SSSR count). The van der Waals surface area contributed by atoms with E-state index in [4.69, 9.17) is 4.74 Å². The average Bonchev–Trinajstić information content (AvgIpc) is 2.64. The molecule has 1 fully saturated rings. The van der Waals surface area contributed by atoms with Crippen LogP contribution in [0.3, 0.4) is 0 Å². The number of nitrogens with one attached hydrogen (secondary N) is 2. The van der Waals surface area contributed by atoms with Crippen molar-refractivity contribution in [3.63, 3.8) is 0 Å². The third kappa shape index (κ3) is 4.64. The Kier molecular flexibility index (Phi) is 5.58. The second-order valence-corrected chi connectivity index (χ2v) is 7.02. The molecule has 1 saturated heterocycles. The van der Waals surface area contributed by atoms with E-state index in [0.717, 1.165) is 11.3 Å². The first-order chi connectivity index (χ1) is 12.5. The van der Waals surface area contributed by atoms with Gasteiger partial charge >= 0.3 is 0 Å². The van der Waals surface area contributed by atoms with Crippen molar-refractivity contribution in [2.75, 3.05) is 12.4 Å². The predicted octanol–water partition coefficient (Wildman–Crippen LogP) is 3.25. The number of aryl methyl sites for hydroxylation is 1. The number of hydrogen-bond acceptors (Lipinski definition) is 5. The monoisotopic (exact) mass is 369 g/mol. The van der Waals surface area contributed by atoms with Gasteiger partial charge in [0.2, 0.25) is 11.8 Å². The van der Waals surface area contributed by atoms with Crippen molar-refractivity contribution in [3.05, 3.63) is 54.1 Å². The molecule has 2 N–H and O–H groups in total. The van der Waals surface area contributed by atoms with Crippen LogP contribution in [0.1, 0.15) is 12.0 Å². The Morgan fingerprint density at radius 3 is 2.54 bits per heavy atom. The second-order valence-electron chi connectivity index (χ2n) is 5.83. The third-order valence-electron chi connectivity index (χ3n) is 3.79. The van der Waals surface area contributed by atoms with E-state index >= 15 is 0 Å².